The minimum Gasteiger partial charge on any atom is -0.286 e. The van der Waals surface area contributed by atoms with Crippen LogP contribution in [0.15, 0.2) is 0 Å². The summed E-state index contributed by atoms with van der Waals surface area (Å²) < 4.78 is 25.0. The zero-order chi connectivity index (χ0) is 11.4. The molecule has 0 spiro atoms. The van der Waals surface area contributed by atoms with Crippen molar-refractivity contribution < 1.29 is 13.3 Å². The van der Waals surface area contributed by atoms with Gasteiger partial charge in [0.15, 0.2) is 0 Å². The molecular weight excluding hydrogens is 204 g/mol. The third-order valence-corrected chi connectivity index (χ3v) is 2.24. The Morgan fingerprint density at radius 2 is 1.79 bits per heavy atom. The summed E-state index contributed by atoms with van der Waals surface area (Å²) in [5, 5.41) is 0. The van der Waals surface area contributed by atoms with Crippen LogP contribution in [0.4, 0.5) is 0 Å². The smallest absolute Gasteiger partial charge is 0.286 e. The Morgan fingerprint density at radius 1 is 1.29 bits per heavy atom. The first-order valence-electron chi connectivity index (χ1n) is 4.55. The van der Waals surface area contributed by atoms with Crippen LogP contribution in [0.1, 0.15) is 34.6 Å². The fraction of sp³-hybridized carbons (Fsp3) is 1.00. The van der Waals surface area contributed by atoms with Gasteiger partial charge in [-0.25, -0.2) is 0 Å². The van der Waals surface area contributed by atoms with Crippen LogP contribution in [0.3, 0.4) is 0 Å². The molecule has 0 saturated heterocycles. The Balaban J connectivity index is 3.98. The lowest BCUT2D eigenvalue weighted by Gasteiger charge is -2.20. The molecule has 0 heterocycles. The van der Waals surface area contributed by atoms with Gasteiger partial charge in [-0.1, -0.05) is 18.7 Å². The van der Waals surface area contributed by atoms with Gasteiger partial charge in [0.1, 0.15) is 0 Å². The van der Waals surface area contributed by atoms with E-state index < -0.39 is 15.7 Å². The van der Waals surface area contributed by atoms with E-state index >= 15 is 0 Å². The molecule has 6 heteroatoms. The highest BCUT2D eigenvalue weighted by Gasteiger charge is 2.19. The Bertz CT molecular complexity index is 254. The van der Waals surface area contributed by atoms with Gasteiger partial charge in [0, 0.05) is 5.54 Å². The molecule has 0 aromatic carbocycles. The summed E-state index contributed by atoms with van der Waals surface area (Å²) in [6.07, 6.45) is 0. The number of rotatable bonds is 5. The van der Waals surface area contributed by atoms with Gasteiger partial charge in [0.2, 0.25) is 0 Å². The monoisotopic (exact) mass is 224 g/mol. The lowest BCUT2D eigenvalue weighted by atomic mass is 10.1. The molecule has 86 valence electrons. The van der Waals surface area contributed by atoms with Crippen LogP contribution in [0, 0.1) is 5.92 Å². The molecule has 0 amide bonds. The molecule has 5 nitrogen and oxygen atoms in total. The normalized spacial score (nSPS) is 13.6. The highest BCUT2D eigenvalue weighted by molar-refractivity contribution is 7.87. The minimum absolute atomic E-state index is 0.285. The summed E-state index contributed by atoms with van der Waals surface area (Å²) in [4.78, 5) is 6.81. The molecule has 0 unspecified atom stereocenters. The molecule has 0 rings (SSSR count). The lowest BCUT2D eigenvalue weighted by molar-refractivity contribution is 0.0704. The van der Waals surface area contributed by atoms with E-state index in [2.05, 4.69) is 4.72 Å². The summed E-state index contributed by atoms with van der Waals surface area (Å²) in [5.41, 5.74) is -0.507. The average molecular weight is 224 g/mol. The van der Waals surface area contributed by atoms with Crippen molar-refractivity contribution in [1.82, 2.24) is 9.61 Å². The van der Waals surface area contributed by atoms with Gasteiger partial charge in [-0.05, 0) is 26.7 Å². The Kier molecular flexibility index (Phi) is 5.00. The van der Waals surface area contributed by atoms with Crippen molar-refractivity contribution in [2.75, 3.05) is 6.61 Å². The molecule has 0 aliphatic rings. The number of nitrogens with one attached hydrogen (secondary N) is 2. The molecule has 0 atom stereocenters. The quantitative estimate of drug-likeness (QED) is 0.679. The van der Waals surface area contributed by atoms with Crippen LogP contribution < -0.4 is 9.61 Å². The van der Waals surface area contributed by atoms with Crippen LogP contribution in [-0.2, 0) is 15.0 Å². The molecule has 14 heavy (non-hydrogen) atoms. The van der Waals surface area contributed by atoms with E-state index in [9.17, 15) is 8.42 Å². The molecule has 0 aliphatic heterocycles. The highest BCUT2D eigenvalue weighted by atomic mass is 32.2. The van der Waals surface area contributed by atoms with Crippen molar-refractivity contribution in [3.05, 3.63) is 0 Å². The van der Waals surface area contributed by atoms with Crippen LogP contribution in [0.5, 0.6) is 0 Å². The second kappa shape index (κ2) is 5.06. The van der Waals surface area contributed by atoms with Crippen LogP contribution in [-0.4, -0.2) is 20.6 Å². The Morgan fingerprint density at radius 3 is 2.14 bits per heavy atom. The summed E-state index contributed by atoms with van der Waals surface area (Å²) in [7, 11) is -3.56. The van der Waals surface area contributed by atoms with E-state index in [0.29, 0.717) is 6.61 Å². The van der Waals surface area contributed by atoms with Crippen LogP contribution in [0.2, 0.25) is 0 Å². The molecule has 0 saturated carbocycles. The first-order chi connectivity index (χ1) is 6.12. The van der Waals surface area contributed by atoms with E-state index in [4.69, 9.17) is 4.84 Å². The van der Waals surface area contributed by atoms with Gasteiger partial charge >= 0.3 is 0 Å². The van der Waals surface area contributed by atoms with E-state index in [1.807, 2.05) is 18.7 Å². The van der Waals surface area contributed by atoms with E-state index in [1.54, 1.807) is 20.8 Å². The van der Waals surface area contributed by atoms with E-state index in [1.165, 1.54) is 0 Å². The molecule has 0 bridgehead atoms. The van der Waals surface area contributed by atoms with Crippen molar-refractivity contribution in [2.45, 2.75) is 40.2 Å². The Labute approximate surface area is 86.4 Å². The first-order valence-corrected chi connectivity index (χ1v) is 6.03. The largest absolute Gasteiger partial charge is 0.299 e. The van der Waals surface area contributed by atoms with E-state index in [0.717, 1.165) is 0 Å². The number of hydrogen-bond acceptors (Lipinski definition) is 3. The fourth-order valence-electron chi connectivity index (χ4n) is 0.702. The predicted octanol–water partition coefficient (Wildman–Crippen LogP) is 0.796. The zero-order valence-electron chi connectivity index (χ0n) is 9.42. The van der Waals surface area contributed by atoms with Crippen molar-refractivity contribution >= 4 is 10.2 Å². The first kappa shape index (κ1) is 13.8. The zero-order valence-corrected chi connectivity index (χ0v) is 10.2. The van der Waals surface area contributed by atoms with Gasteiger partial charge in [0.25, 0.3) is 10.2 Å². The minimum atomic E-state index is -3.56. The van der Waals surface area contributed by atoms with Crippen molar-refractivity contribution in [1.29, 1.82) is 0 Å². The molecule has 0 aromatic heterocycles. The Hall–Kier alpha value is -0.170. The molecular formula is C8H20N2O3S. The topological polar surface area (TPSA) is 67.4 Å². The number of hydrogen-bond donors (Lipinski definition) is 2. The molecule has 0 fully saturated rings. The summed E-state index contributed by atoms with van der Waals surface area (Å²) >= 11 is 0. The second-order valence-electron chi connectivity index (χ2n) is 4.64. The predicted molar refractivity (Wildman–Crippen MR) is 55.7 cm³/mol. The van der Waals surface area contributed by atoms with Gasteiger partial charge in [-0.2, -0.15) is 13.1 Å². The maximum absolute atomic E-state index is 11.3. The maximum atomic E-state index is 11.3. The molecule has 2 N–H and O–H groups in total. The van der Waals surface area contributed by atoms with Crippen molar-refractivity contribution in [2.24, 2.45) is 5.92 Å². The van der Waals surface area contributed by atoms with Gasteiger partial charge in [-0.15, -0.1) is 0 Å². The van der Waals surface area contributed by atoms with Crippen LogP contribution >= 0.6 is 0 Å². The maximum Gasteiger partial charge on any atom is 0.299 e. The van der Waals surface area contributed by atoms with Crippen molar-refractivity contribution in [3.63, 3.8) is 0 Å². The lowest BCUT2D eigenvalue weighted by Crippen LogP contribution is -2.47. The standard InChI is InChI=1S/C8H20N2O3S/c1-7(2)6-13-10-14(11,12)9-8(3,4)5/h7,9-10H,6H2,1-5H3. The molecule has 0 aliphatic carbocycles. The summed E-state index contributed by atoms with van der Waals surface area (Å²) in [5.74, 6) is 0.285. The third kappa shape index (κ3) is 8.43. The van der Waals surface area contributed by atoms with Crippen molar-refractivity contribution in [3.8, 4) is 0 Å². The van der Waals surface area contributed by atoms with Gasteiger partial charge < -0.3 is 0 Å². The third-order valence-electron chi connectivity index (χ3n) is 1.03. The highest BCUT2D eigenvalue weighted by Crippen LogP contribution is 2.00. The fourth-order valence-corrected chi connectivity index (χ4v) is 1.77. The molecule has 0 radical (unpaired) electrons. The summed E-state index contributed by atoms with van der Waals surface area (Å²) in [6, 6.07) is 0. The average Bonchev–Trinajstić information content (AvgIpc) is 1.78. The summed E-state index contributed by atoms with van der Waals surface area (Å²) in [6.45, 7) is 9.50. The van der Waals surface area contributed by atoms with E-state index in [-0.39, 0.29) is 5.92 Å². The van der Waals surface area contributed by atoms with Gasteiger partial charge in [-0.3, -0.25) is 4.84 Å². The van der Waals surface area contributed by atoms with Gasteiger partial charge in [0.05, 0.1) is 6.61 Å². The molecule has 0 aromatic rings. The van der Waals surface area contributed by atoms with Crippen LogP contribution in [0.25, 0.3) is 0 Å². The SMILES string of the molecule is CC(C)CONS(=O)(=O)NC(C)(C)C. The second-order valence-corrected chi connectivity index (χ2v) is 6.02.